The fourth-order valence-corrected chi connectivity index (χ4v) is 5.51. The normalized spacial score (nSPS) is 21.8. The van der Waals surface area contributed by atoms with E-state index < -0.39 is 9.84 Å². The molecule has 7 heteroatoms. The Morgan fingerprint density at radius 2 is 2.12 bits per heavy atom. The minimum absolute atomic E-state index is 0.0186. The number of benzene rings is 1. The molecule has 1 aromatic carbocycles. The number of amides is 1. The van der Waals surface area contributed by atoms with Gasteiger partial charge in [-0.1, -0.05) is 11.6 Å². The molecule has 1 atom stereocenters. The first kappa shape index (κ1) is 15.8. The van der Waals surface area contributed by atoms with Gasteiger partial charge >= 0.3 is 0 Å². The van der Waals surface area contributed by atoms with E-state index in [0.29, 0.717) is 17.0 Å². The second-order valence-electron chi connectivity index (χ2n) is 6.50. The molecular formula is C17H17ClN2O3S. The first-order valence-corrected chi connectivity index (χ1v) is 10.3. The quantitative estimate of drug-likeness (QED) is 0.887. The fourth-order valence-electron chi connectivity index (χ4n) is 3.66. The first-order chi connectivity index (χ1) is 11.4. The number of halogens is 1. The van der Waals surface area contributed by atoms with Gasteiger partial charge in [-0.15, -0.1) is 0 Å². The van der Waals surface area contributed by atoms with Crippen LogP contribution in [0.15, 0.2) is 18.2 Å². The van der Waals surface area contributed by atoms with Crippen molar-refractivity contribution >= 4 is 38.2 Å². The Hall–Kier alpha value is -1.66. The largest absolute Gasteiger partial charge is 0.348 e. The molecule has 2 aromatic rings. The third-order valence-electron chi connectivity index (χ3n) is 4.77. The molecule has 4 rings (SSSR count). The maximum absolute atomic E-state index is 12.9. The highest BCUT2D eigenvalue weighted by Gasteiger charge is 2.31. The number of aromatic nitrogens is 1. The molecule has 1 aromatic heterocycles. The van der Waals surface area contributed by atoms with Crippen molar-refractivity contribution in [1.29, 1.82) is 0 Å². The summed E-state index contributed by atoms with van der Waals surface area (Å²) in [5, 5.41) is 4.20. The second-order valence-corrected chi connectivity index (χ2v) is 9.17. The lowest BCUT2D eigenvalue weighted by Gasteiger charge is -2.15. The van der Waals surface area contributed by atoms with Gasteiger partial charge in [-0.05, 0) is 49.4 Å². The van der Waals surface area contributed by atoms with E-state index in [0.717, 1.165) is 41.4 Å². The molecular weight excluding hydrogens is 348 g/mol. The summed E-state index contributed by atoms with van der Waals surface area (Å²) in [6.45, 7) is 0. The fraction of sp³-hybridized carbons (Fsp3) is 0.412. The molecule has 0 bridgehead atoms. The Balaban J connectivity index is 1.77. The van der Waals surface area contributed by atoms with Gasteiger partial charge < -0.3 is 5.32 Å². The molecule has 0 radical (unpaired) electrons. The topological polar surface area (TPSA) is 76.1 Å². The monoisotopic (exact) mass is 364 g/mol. The predicted molar refractivity (Wildman–Crippen MR) is 93.3 cm³/mol. The Morgan fingerprint density at radius 3 is 2.88 bits per heavy atom. The lowest BCUT2D eigenvalue weighted by Crippen LogP contribution is -2.36. The maximum atomic E-state index is 12.9. The van der Waals surface area contributed by atoms with Crippen molar-refractivity contribution in [3.63, 3.8) is 0 Å². The number of pyridine rings is 1. The number of aryl methyl sites for hydroxylation is 1. The van der Waals surface area contributed by atoms with Crippen molar-refractivity contribution in [2.45, 2.75) is 31.7 Å². The maximum Gasteiger partial charge on any atom is 0.252 e. The highest BCUT2D eigenvalue weighted by Crippen LogP contribution is 2.31. The van der Waals surface area contributed by atoms with Crippen LogP contribution >= 0.6 is 11.6 Å². The molecule has 0 spiro atoms. The van der Waals surface area contributed by atoms with Crippen molar-refractivity contribution in [3.8, 4) is 0 Å². The highest BCUT2D eigenvalue weighted by molar-refractivity contribution is 7.91. The minimum Gasteiger partial charge on any atom is -0.348 e. The van der Waals surface area contributed by atoms with Crippen molar-refractivity contribution < 1.29 is 13.2 Å². The van der Waals surface area contributed by atoms with E-state index in [4.69, 9.17) is 11.6 Å². The molecule has 1 saturated heterocycles. The Morgan fingerprint density at radius 1 is 1.29 bits per heavy atom. The van der Waals surface area contributed by atoms with Crippen LogP contribution in [-0.4, -0.2) is 36.9 Å². The smallest absolute Gasteiger partial charge is 0.252 e. The standard InChI is InChI=1S/C17H17ClN2O3S/c18-10-4-5-15-13(8-10)16(12-2-1-3-14(12)20-15)17(21)19-11-6-7-24(22,23)9-11/h4-5,8,11H,1-3,6-7,9H2,(H,19,21). The number of hydrogen-bond acceptors (Lipinski definition) is 4. The number of rotatable bonds is 2. The molecule has 2 heterocycles. The van der Waals surface area contributed by atoms with Gasteiger partial charge in [-0.25, -0.2) is 8.42 Å². The zero-order valence-electron chi connectivity index (χ0n) is 13.0. The molecule has 1 aliphatic carbocycles. The van der Waals surface area contributed by atoms with Crippen molar-refractivity contribution in [2.75, 3.05) is 11.5 Å². The van der Waals surface area contributed by atoms with E-state index in [9.17, 15) is 13.2 Å². The molecule has 1 N–H and O–H groups in total. The molecule has 1 fully saturated rings. The van der Waals surface area contributed by atoms with Crippen molar-refractivity contribution in [2.24, 2.45) is 0 Å². The molecule has 5 nitrogen and oxygen atoms in total. The summed E-state index contributed by atoms with van der Waals surface area (Å²) in [6, 6.07) is 5.04. The Bertz CT molecular complexity index is 956. The predicted octanol–water partition coefficient (Wildman–Crippen LogP) is 2.29. The summed E-state index contributed by atoms with van der Waals surface area (Å²) in [4.78, 5) is 17.6. The van der Waals surface area contributed by atoms with E-state index in [1.807, 2.05) is 6.07 Å². The van der Waals surface area contributed by atoms with Gasteiger partial charge in [0.05, 0.1) is 22.6 Å². The van der Waals surface area contributed by atoms with Gasteiger partial charge in [0, 0.05) is 22.1 Å². The number of hydrogen-bond donors (Lipinski definition) is 1. The highest BCUT2D eigenvalue weighted by atomic mass is 35.5. The van der Waals surface area contributed by atoms with E-state index in [1.165, 1.54) is 0 Å². The van der Waals surface area contributed by atoms with Gasteiger partial charge in [-0.3, -0.25) is 9.78 Å². The lowest BCUT2D eigenvalue weighted by molar-refractivity contribution is 0.0942. The van der Waals surface area contributed by atoms with Crippen LogP contribution in [0.25, 0.3) is 10.9 Å². The number of nitrogens with zero attached hydrogens (tertiary/aromatic N) is 1. The molecule has 126 valence electrons. The summed E-state index contributed by atoms with van der Waals surface area (Å²) >= 11 is 6.12. The van der Waals surface area contributed by atoms with Crippen LogP contribution in [0.5, 0.6) is 0 Å². The van der Waals surface area contributed by atoms with E-state index >= 15 is 0 Å². The van der Waals surface area contributed by atoms with Crippen LogP contribution in [0.2, 0.25) is 5.02 Å². The zero-order chi connectivity index (χ0) is 16.9. The van der Waals surface area contributed by atoms with Gasteiger partial charge in [0.25, 0.3) is 5.91 Å². The summed E-state index contributed by atoms with van der Waals surface area (Å²) < 4.78 is 23.2. The van der Waals surface area contributed by atoms with Gasteiger partial charge in [0.15, 0.2) is 9.84 Å². The van der Waals surface area contributed by atoms with Crippen LogP contribution in [0.3, 0.4) is 0 Å². The Labute approximate surface area is 145 Å². The van der Waals surface area contributed by atoms with Crippen molar-refractivity contribution in [1.82, 2.24) is 10.3 Å². The number of fused-ring (bicyclic) bond motifs is 2. The number of nitrogens with one attached hydrogen (secondary N) is 1. The summed E-state index contributed by atoms with van der Waals surface area (Å²) in [5.74, 6) is -0.0612. The van der Waals surface area contributed by atoms with Crippen LogP contribution < -0.4 is 5.32 Å². The van der Waals surface area contributed by atoms with Crippen molar-refractivity contribution in [3.05, 3.63) is 40.0 Å². The average molecular weight is 365 g/mol. The molecule has 24 heavy (non-hydrogen) atoms. The molecule has 1 amide bonds. The van der Waals surface area contributed by atoms with Crippen LogP contribution in [0, 0.1) is 0 Å². The third-order valence-corrected chi connectivity index (χ3v) is 6.77. The van der Waals surface area contributed by atoms with E-state index in [2.05, 4.69) is 10.3 Å². The molecule has 1 aliphatic heterocycles. The van der Waals surface area contributed by atoms with Gasteiger partial charge in [0.1, 0.15) is 0 Å². The molecule has 2 aliphatic rings. The SMILES string of the molecule is O=C(NC1CCS(=O)(=O)C1)c1c2c(nc3ccc(Cl)cc13)CCC2. The van der Waals surface area contributed by atoms with Crippen LogP contribution in [0.4, 0.5) is 0 Å². The summed E-state index contributed by atoms with van der Waals surface area (Å²) in [5.41, 5.74) is 3.31. The molecule has 1 unspecified atom stereocenters. The van der Waals surface area contributed by atoms with Crippen LogP contribution in [0.1, 0.15) is 34.5 Å². The van der Waals surface area contributed by atoms with Gasteiger partial charge in [-0.2, -0.15) is 0 Å². The Kier molecular flexibility index (Phi) is 3.77. The summed E-state index contributed by atoms with van der Waals surface area (Å²) in [7, 11) is -3.03. The van der Waals surface area contributed by atoms with E-state index in [1.54, 1.807) is 12.1 Å². The minimum atomic E-state index is -3.03. The van der Waals surface area contributed by atoms with Gasteiger partial charge in [0.2, 0.25) is 0 Å². The lowest BCUT2D eigenvalue weighted by atomic mass is 10.00. The zero-order valence-corrected chi connectivity index (χ0v) is 14.6. The first-order valence-electron chi connectivity index (χ1n) is 8.05. The van der Waals surface area contributed by atoms with Crippen LogP contribution in [-0.2, 0) is 22.7 Å². The second kappa shape index (κ2) is 5.70. The summed E-state index contributed by atoms with van der Waals surface area (Å²) in [6.07, 6.45) is 3.13. The average Bonchev–Trinajstić information content (AvgIpc) is 3.10. The van der Waals surface area contributed by atoms with E-state index in [-0.39, 0.29) is 23.5 Å². The number of carbonyl (C=O) groups excluding carboxylic acids is 1. The molecule has 0 saturated carbocycles. The number of carbonyl (C=O) groups is 1. The number of sulfone groups is 1. The third kappa shape index (κ3) is 2.78.